The fraction of sp³-hybridized carbons (Fsp3) is 0.776. The van der Waals surface area contributed by atoms with Crippen LogP contribution >= 0.6 is 0 Å². The summed E-state index contributed by atoms with van der Waals surface area (Å²) in [6, 6.07) is 30.3. The Kier molecular flexibility index (Phi) is 58.9. The first-order chi connectivity index (χ1) is 71.3. The van der Waals surface area contributed by atoms with E-state index in [1.807, 2.05) is 117 Å². The molecule has 0 bridgehead atoms. The molecule has 7 fully saturated rings. The van der Waals surface area contributed by atoms with E-state index in [1.165, 1.54) is 70.5 Å². The van der Waals surface area contributed by atoms with Crippen LogP contribution in [0.2, 0.25) is 0 Å². The lowest BCUT2D eigenvalue weighted by Crippen LogP contribution is -2.46. The van der Waals surface area contributed by atoms with Crippen molar-refractivity contribution < 1.29 is 101 Å². The maximum atomic E-state index is 13.0. The lowest BCUT2D eigenvalue weighted by atomic mass is 9.96. The van der Waals surface area contributed by atoms with Crippen molar-refractivity contribution >= 4 is 103 Å². The summed E-state index contributed by atoms with van der Waals surface area (Å²) in [7, 11) is -27.3. The molecule has 4 aromatic rings. The number of hydrogen-bond donors (Lipinski definition) is 2. The standard InChI is InChI=1S/C30H53N3O5S2.C28H49N3O5S2.C26H45N3O7S2.C23H40N2O6S2/c1-3-5-12-26(4-2)25-38-30-19-17-29(18-20-30)33(21-23-39(34,35)31-27-13-8-6-9-14-27)22-24-40(36,37)32-28-15-10-7-11-16-28;1-3-5-12-26(4-2)25-36-28-15-13-27(14-16-28)29(21-23-37(32,33)30-17-8-6-9-18-30)22-24-38(34,35)31-19-10-7-11-20-31;1-3-5-6-24(4-2)23-36-26-9-7-25(8-10-26)27(15-21-37(30,31)28-11-17-34-18-12-28)16-22-38(32,33)29-13-19-35-20-14-29;1-4-6-7-21(5-2)20-31-23-10-8-22(9-11-23)24(14-18-32(3,26)27)15-19-33(28,29)25-12-16-30-17-13-25/h17-20,26-28,31-32H,3-16,21-25H2,1-2H3;13-16,26H,3-12,17-25H2,1-2H3;7-10,24H,3-6,11-23H2,1-2H3;8-11,21H,4-7,12-20H2,1-3H3. The maximum Gasteiger partial charge on any atom is 0.216 e. The Morgan fingerprint density at radius 3 is 0.685 bits per heavy atom. The van der Waals surface area contributed by atoms with Crippen molar-refractivity contribution in [3.05, 3.63) is 97.1 Å². The Bertz CT molecular complexity index is 4980. The first-order valence-corrected chi connectivity index (χ1v) is 69.5. The zero-order valence-corrected chi connectivity index (χ0v) is 98.0. The van der Waals surface area contributed by atoms with Gasteiger partial charge >= 0.3 is 0 Å². The zero-order chi connectivity index (χ0) is 108. The third-order valence-corrected chi connectivity index (χ3v) is 42.4. The number of morpholine rings is 3. The van der Waals surface area contributed by atoms with Crippen LogP contribution in [-0.2, 0) is 94.2 Å². The largest absolute Gasteiger partial charge is 0.493 e. The maximum absolute atomic E-state index is 13.0. The van der Waals surface area contributed by atoms with Crippen LogP contribution < -0.4 is 48.0 Å². The molecule has 0 amide bonds. The van der Waals surface area contributed by atoms with Crippen molar-refractivity contribution in [1.82, 2.24) is 31.0 Å². The predicted molar refractivity (Wildman–Crippen MR) is 604 cm³/mol. The van der Waals surface area contributed by atoms with Gasteiger partial charge in [0.05, 0.1) is 112 Å². The molecule has 5 heterocycles. The first-order valence-electron chi connectivity index (χ1n) is 56.0. The number of rotatable bonds is 65. The third kappa shape index (κ3) is 49.4. The van der Waals surface area contributed by atoms with Gasteiger partial charge in [0.1, 0.15) is 32.8 Å². The monoisotopic (exact) mass is 2250 g/mol. The topological polar surface area (TPSA) is 391 Å². The number of piperidine rings is 2. The summed E-state index contributed by atoms with van der Waals surface area (Å²) in [6.45, 7) is 28.7. The summed E-state index contributed by atoms with van der Waals surface area (Å²) in [4.78, 5) is 7.44. The number of benzene rings is 4. The summed E-state index contributed by atoms with van der Waals surface area (Å²) < 4.78 is 258. The molecular formula is C107H187N11O23S8. The second-order valence-corrected chi connectivity index (χ2v) is 57.5. The van der Waals surface area contributed by atoms with Gasteiger partial charge in [0.2, 0.25) is 70.2 Å². The van der Waals surface area contributed by atoms with Crippen molar-refractivity contribution in [3.63, 3.8) is 0 Å². The van der Waals surface area contributed by atoms with Gasteiger partial charge in [-0.2, -0.15) is 12.9 Å². The van der Waals surface area contributed by atoms with Crippen molar-refractivity contribution in [3.8, 4) is 23.0 Å². The predicted octanol–water partition coefficient (Wildman–Crippen LogP) is 15.5. The fourth-order valence-corrected chi connectivity index (χ4v) is 29.8. The van der Waals surface area contributed by atoms with Crippen LogP contribution in [-0.4, -0.2) is 337 Å². The van der Waals surface area contributed by atoms with E-state index in [-0.39, 0.29) is 110 Å². The second-order valence-electron chi connectivity index (χ2n) is 41.0. The average molecular weight is 2250 g/mol. The molecule has 0 radical (unpaired) electrons. The van der Waals surface area contributed by atoms with Gasteiger partial charge in [-0.1, -0.05) is 184 Å². The van der Waals surface area contributed by atoms with Gasteiger partial charge in [-0.3, -0.25) is 0 Å². The number of hydrogen-bond acceptors (Lipinski definition) is 27. The average Bonchev–Trinajstić information content (AvgIpc) is 0.796. The molecule has 42 heteroatoms. The molecule has 149 heavy (non-hydrogen) atoms. The van der Waals surface area contributed by atoms with Gasteiger partial charge in [-0.25, -0.2) is 85.4 Å². The number of nitrogens with zero attached hydrogens (tertiary/aromatic N) is 9. The van der Waals surface area contributed by atoms with E-state index in [9.17, 15) is 67.3 Å². The van der Waals surface area contributed by atoms with Gasteiger partial charge in [-0.05, 0) is 198 Å². The normalized spacial score (nSPS) is 18.2. The van der Waals surface area contributed by atoms with E-state index in [4.69, 9.17) is 33.2 Å². The number of sulfone groups is 1. The van der Waals surface area contributed by atoms with Gasteiger partial charge in [0.15, 0.2) is 0 Å². The SMILES string of the molecule is CCCCC(CC)COc1ccc(N(CCS(=O)(=O)N2CCCCC2)CCS(=O)(=O)N2CCCCC2)cc1.CCCCC(CC)COc1ccc(N(CCS(=O)(=O)N2CCOCC2)CCS(=O)(=O)N2CCOCC2)cc1.CCCCC(CC)COc1ccc(N(CCS(=O)(=O)NC2CCCCC2)CCS(=O)(=O)NC2CCCCC2)cc1.CCCCC(CC)COc1ccc(N(CCS(C)(=O)=O)CCS(=O)(=O)N2CCOCC2)cc1. The Morgan fingerprint density at radius 1 is 0.275 bits per heavy atom. The number of nitrogens with one attached hydrogen (secondary N) is 2. The van der Waals surface area contributed by atoms with Crippen LogP contribution in [0.1, 0.15) is 261 Å². The molecule has 2 aliphatic carbocycles. The van der Waals surface area contributed by atoms with E-state index in [0.29, 0.717) is 155 Å². The van der Waals surface area contributed by atoms with Crippen molar-refractivity contribution in [2.45, 2.75) is 273 Å². The smallest absolute Gasteiger partial charge is 0.216 e. The van der Waals surface area contributed by atoms with Gasteiger partial charge in [0, 0.05) is 159 Å². The van der Waals surface area contributed by atoms with Gasteiger partial charge in [-0.15, -0.1) is 0 Å². The van der Waals surface area contributed by atoms with Crippen LogP contribution in [0.15, 0.2) is 97.1 Å². The highest BCUT2D eigenvalue weighted by Crippen LogP contribution is 2.31. The Labute approximate surface area is 900 Å². The summed E-state index contributed by atoms with van der Waals surface area (Å²) in [5, 5.41) is 0. The molecular weight excluding hydrogens is 2060 g/mol. The minimum Gasteiger partial charge on any atom is -0.493 e. The minimum atomic E-state index is -3.49. The highest BCUT2D eigenvalue weighted by atomic mass is 32.2. The molecule has 4 atom stereocenters. The van der Waals surface area contributed by atoms with Crippen LogP contribution in [0.5, 0.6) is 23.0 Å². The lowest BCUT2D eigenvalue weighted by molar-refractivity contribution is 0.0730. The summed E-state index contributed by atoms with van der Waals surface area (Å²) in [5.41, 5.74) is 3.16. The molecule has 856 valence electrons. The summed E-state index contributed by atoms with van der Waals surface area (Å²) >= 11 is 0. The highest BCUT2D eigenvalue weighted by Gasteiger charge is 2.34. The number of unbranched alkanes of at least 4 members (excludes halogenated alkanes) is 4. The first kappa shape index (κ1) is 129. The molecule has 4 unspecified atom stereocenters. The Morgan fingerprint density at radius 2 is 0.477 bits per heavy atom. The fourth-order valence-electron chi connectivity index (χ4n) is 19.3. The third-order valence-electron chi connectivity index (χ3n) is 29.4. The van der Waals surface area contributed by atoms with Crippen LogP contribution in [0.4, 0.5) is 22.7 Å². The van der Waals surface area contributed by atoms with E-state index >= 15 is 0 Å². The highest BCUT2D eigenvalue weighted by molar-refractivity contribution is 7.91. The van der Waals surface area contributed by atoms with E-state index in [2.05, 4.69) is 64.8 Å². The molecule has 11 rings (SSSR count). The molecule has 0 aromatic heterocycles. The van der Waals surface area contributed by atoms with Gasteiger partial charge in [0.25, 0.3) is 0 Å². The van der Waals surface area contributed by atoms with Crippen molar-refractivity contribution in [2.24, 2.45) is 23.7 Å². The van der Waals surface area contributed by atoms with Crippen LogP contribution in [0.25, 0.3) is 0 Å². The molecule has 0 spiro atoms. The molecule has 7 aliphatic rings. The Hall–Kier alpha value is -5.52. The van der Waals surface area contributed by atoms with Crippen LogP contribution in [0, 0.1) is 23.7 Å². The second kappa shape index (κ2) is 68.2. The quantitative estimate of drug-likeness (QED) is 0.0414. The minimum absolute atomic E-state index is 0.00739. The number of sulfonamides is 7. The molecule has 34 nitrogen and oxygen atoms in total. The van der Waals surface area contributed by atoms with Crippen molar-refractivity contribution in [2.75, 3.05) is 256 Å². The van der Waals surface area contributed by atoms with E-state index < -0.39 is 80.0 Å². The number of anilines is 4. The summed E-state index contributed by atoms with van der Waals surface area (Å²) in [6.07, 6.45) is 35.4. The van der Waals surface area contributed by atoms with Gasteiger partial charge < -0.3 is 52.8 Å². The zero-order valence-electron chi connectivity index (χ0n) is 91.5. The molecule has 2 saturated carbocycles. The molecule has 5 aliphatic heterocycles. The lowest BCUT2D eigenvalue weighted by Gasteiger charge is -2.30. The van der Waals surface area contributed by atoms with Crippen LogP contribution in [0.3, 0.4) is 0 Å². The Balaban J connectivity index is 0.000000243. The number of ether oxygens (including phenoxy) is 7. The van der Waals surface area contributed by atoms with Crippen molar-refractivity contribution in [1.29, 1.82) is 0 Å². The molecule has 4 aromatic carbocycles. The van der Waals surface area contributed by atoms with E-state index in [1.54, 1.807) is 8.61 Å². The molecule has 5 saturated heterocycles. The molecule has 2 N–H and O–H groups in total. The summed E-state index contributed by atoms with van der Waals surface area (Å²) in [5.74, 6) is 4.66. The van der Waals surface area contributed by atoms with E-state index in [0.717, 1.165) is 200 Å².